The van der Waals surface area contributed by atoms with Crippen molar-refractivity contribution in [2.75, 3.05) is 19.5 Å². The van der Waals surface area contributed by atoms with Crippen molar-refractivity contribution in [3.8, 4) is 11.5 Å². The molecule has 2 rings (SSSR count). The van der Waals surface area contributed by atoms with Crippen LogP contribution < -0.4 is 20.2 Å². The smallest absolute Gasteiger partial charge is 0.191 e. The average Bonchev–Trinajstić information content (AvgIpc) is 2.54. The highest BCUT2D eigenvalue weighted by Gasteiger charge is 2.22. The minimum atomic E-state index is 0.467. The number of hydrogen-bond donors (Lipinski definition) is 2. The number of nitrogens with zero attached hydrogens (tertiary/aromatic N) is 1. The normalized spacial score (nSPS) is 20.6. The van der Waals surface area contributed by atoms with E-state index in [4.69, 9.17) is 21.7 Å². The lowest BCUT2D eigenvalue weighted by atomic mass is 9.81. The predicted molar refractivity (Wildman–Crippen MR) is 98.5 cm³/mol. The van der Waals surface area contributed by atoms with Gasteiger partial charge in [-0.3, -0.25) is 5.43 Å². The topological polar surface area (TPSA) is 54.9 Å². The maximum atomic E-state index is 5.32. The summed E-state index contributed by atoms with van der Waals surface area (Å²) in [5, 5.41) is 8.11. The first-order chi connectivity index (χ1) is 11.0. The molecule has 0 saturated heterocycles. The van der Waals surface area contributed by atoms with Crippen molar-refractivity contribution in [3.63, 3.8) is 0 Å². The minimum absolute atomic E-state index is 0.467. The van der Waals surface area contributed by atoms with Crippen LogP contribution in [0.1, 0.15) is 33.1 Å². The first kappa shape index (κ1) is 17.5. The monoisotopic (exact) mass is 335 g/mol. The molecule has 1 saturated carbocycles. The van der Waals surface area contributed by atoms with Crippen LogP contribution in [0.3, 0.4) is 0 Å². The van der Waals surface area contributed by atoms with Crippen LogP contribution in [0.5, 0.6) is 11.5 Å². The summed E-state index contributed by atoms with van der Waals surface area (Å²) in [4.78, 5) is 0. The molecule has 2 N–H and O–H groups in total. The molecule has 0 bridgehead atoms. The standard InChI is InChI=1S/C17H25N3O2S/c1-11-6-5-7-12(2)16(11)19-20-17(23)18-13-8-9-14(21-3)15(10-13)22-4/h8-12H,5-7H2,1-4H3,(H2,18,20,23)/t11-,12-/m1/s1. The molecule has 5 nitrogen and oxygen atoms in total. The highest BCUT2D eigenvalue weighted by molar-refractivity contribution is 7.80. The zero-order valence-corrected chi connectivity index (χ0v) is 15.0. The zero-order valence-electron chi connectivity index (χ0n) is 14.2. The molecule has 0 spiro atoms. The Morgan fingerprint density at radius 3 is 2.39 bits per heavy atom. The molecule has 0 amide bonds. The van der Waals surface area contributed by atoms with E-state index in [0.717, 1.165) is 5.69 Å². The Bertz CT molecular complexity index is 577. The number of hydrogen-bond acceptors (Lipinski definition) is 4. The molecule has 1 aromatic rings. The summed E-state index contributed by atoms with van der Waals surface area (Å²) in [6.07, 6.45) is 3.66. The van der Waals surface area contributed by atoms with Crippen LogP contribution in [0.2, 0.25) is 0 Å². The number of rotatable bonds is 4. The third kappa shape index (κ3) is 4.58. The number of methoxy groups -OCH3 is 2. The molecule has 0 radical (unpaired) electrons. The number of thiocarbonyl (C=S) groups is 1. The maximum Gasteiger partial charge on any atom is 0.191 e. The number of anilines is 1. The van der Waals surface area contributed by atoms with Gasteiger partial charge in [-0.1, -0.05) is 20.3 Å². The average molecular weight is 335 g/mol. The summed E-state index contributed by atoms with van der Waals surface area (Å²) >= 11 is 5.32. The Labute approximate surface area is 143 Å². The van der Waals surface area contributed by atoms with Crippen molar-refractivity contribution >= 4 is 28.7 Å². The fourth-order valence-corrected chi connectivity index (χ4v) is 3.08. The van der Waals surface area contributed by atoms with Gasteiger partial charge in [0.2, 0.25) is 0 Å². The lowest BCUT2D eigenvalue weighted by molar-refractivity contribution is 0.355. The highest BCUT2D eigenvalue weighted by atomic mass is 32.1. The molecule has 1 aromatic carbocycles. The van der Waals surface area contributed by atoms with Gasteiger partial charge in [-0.2, -0.15) is 5.10 Å². The minimum Gasteiger partial charge on any atom is -0.493 e. The zero-order chi connectivity index (χ0) is 16.8. The summed E-state index contributed by atoms with van der Waals surface area (Å²) in [5.41, 5.74) is 4.99. The predicted octanol–water partition coefficient (Wildman–Crippen LogP) is 3.80. The van der Waals surface area contributed by atoms with Crippen molar-refractivity contribution in [3.05, 3.63) is 18.2 Å². The third-order valence-electron chi connectivity index (χ3n) is 4.21. The molecule has 0 unspecified atom stereocenters. The molecule has 0 aliphatic heterocycles. The second-order valence-electron chi connectivity index (χ2n) is 5.91. The molecule has 1 aliphatic carbocycles. The van der Waals surface area contributed by atoms with Crippen LogP contribution in [0.25, 0.3) is 0 Å². The fourth-order valence-electron chi connectivity index (χ4n) is 2.92. The second-order valence-corrected chi connectivity index (χ2v) is 6.31. The molecule has 0 heterocycles. The third-order valence-corrected chi connectivity index (χ3v) is 4.41. The van der Waals surface area contributed by atoms with Gasteiger partial charge < -0.3 is 14.8 Å². The van der Waals surface area contributed by atoms with Crippen molar-refractivity contribution in [2.24, 2.45) is 16.9 Å². The molecule has 1 aliphatic rings. The van der Waals surface area contributed by atoms with E-state index < -0.39 is 0 Å². The Hall–Kier alpha value is -1.82. The lowest BCUT2D eigenvalue weighted by Crippen LogP contribution is -2.31. The molecular formula is C17H25N3O2S. The summed E-state index contributed by atoms with van der Waals surface area (Å²) in [7, 11) is 3.22. The van der Waals surface area contributed by atoms with E-state index in [-0.39, 0.29) is 0 Å². The lowest BCUT2D eigenvalue weighted by Gasteiger charge is -2.26. The van der Waals surface area contributed by atoms with Crippen LogP contribution in [0.15, 0.2) is 23.3 Å². The van der Waals surface area contributed by atoms with E-state index >= 15 is 0 Å². The molecule has 6 heteroatoms. The van der Waals surface area contributed by atoms with Gasteiger partial charge in [-0.15, -0.1) is 0 Å². The van der Waals surface area contributed by atoms with Crippen LogP contribution in [-0.2, 0) is 0 Å². The molecule has 23 heavy (non-hydrogen) atoms. The van der Waals surface area contributed by atoms with E-state index in [1.807, 2.05) is 18.2 Å². The van der Waals surface area contributed by atoms with Crippen molar-refractivity contribution in [2.45, 2.75) is 33.1 Å². The Balaban J connectivity index is 1.99. The summed E-state index contributed by atoms with van der Waals surface area (Å²) in [5.74, 6) is 2.36. The van der Waals surface area contributed by atoms with Crippen molar-refractivity contribution in [1.82, 2.24) is 5.43 Å². The van der Waals surface area contributed by atoms with Gasteiger partial charge in [0.15, 0.2) is 16.6 Å². The number of benzene rings is 1. The largest absolute Gasteiger partial charge is 0.493 e. The van der Waals surface area contributed by atoms with E-state index in [1.165, 1.54) is 25.0 Å². The Morgan fingerprint density at radius 1 is 1.13 bits per heavy atom. The van der Waals surface area contributed by atoms with Gasteiger partial charge in [-0.25, -0.2) is 0 Å². The molecule has 1 fully saturated rings. The first-order valence-corrected chi connectivity index (χ1v) is 8.32. The van der Waals surface area contributed by atoms with Gasteiger partial charge in [0.05, 0.1) is 14.2 Å². The quantitative estimate of drug-likeness (QED) is 0.647. The van der Waals surface area contributed by atoms with E-state index in [1.54, 1.807) is 14.2 Å². The SMILES string of the molecule is COc1ccc(NC(=S)NN=C2[C@H](C)CCC[C@H]2C)cc1OC. The Kier molecular flexibility index (Phi) is 6.21. The number of ether oxygens (including phenoxy) is 2. The van der Waals surface area contributed by atoms with Gasteiger partial charge >= 0.3 is 0 Å². The summed E-state index contributed by atoms with van der Waals surface area (Å²) in [6.45, 7) is 4.45. The molecule has 0 aromatic heterocycles. The highest BCUT2D eigenvalue weighted by Crippen LogP contribution is 2.29. The van der Waals surface area contributed by atoms with E-state index in [2.05, 4.69) is 29.7 Å². The van der Waals surface area contributed by atoms with Gasteiger partial charge in [-0.05, 0) is 49.0 Å². The van der Waals surface area contributed by atoms with Gasteiger partial charge in [0.1, 0.15) is 0 Å². The van der Waals surface area contributed by atoms with Crippen LogP contribution in [0, 0.1) is 11.8 Å². The molecule has 2 atom stereocenters. The number of hydrazone groups is 1. The van der Waals surface area contributed by atoms with Gasteiger partial charge in [0, 0.05) is 17.5 Å². The molecular weight excluding hydrogens is 310 g/mol. The fraction of sp³-hybridized carbons (Fsp3) is 0.529. The summed E-state index contributed by atoms with van der Waals surface area (Å²) in [6, 6.07) is 5.56. The van der Waals surface area contributed by atoms with Crippen molar-refractivity contribution < 1.29 is 9.47 Å². The summed E-state index contributed by atoms with van der Waals surface area (Å²) < 4.78 is 10.5. The van der Waals surface area contributed by atoms with Gasteiger partial charge in [0.25, 0.3) is 0 Å². The second kappa shape index (κ2) is 8.15. The van der Waals surface area contributed by atoms with E-state index in [9.17, 15) is 0 Å². The maximum absolute atomic E-state index is 5.32. The molecule has 126 valence electrons. The van der Waals surface area contributed by atoms with Crippen LogP contribution in [0.4, 0.5) is 5.69 Å². The Morgan fingerprint density at radius 2 is 1.78 bits per heavy atom. The van der Waals surface area contributed by atoms with Crippen LogP contribution >= 0.6 is 12.2 Å². The number of nitrogens with one attached hydrogen (secondary N) is 2. The first-order valence-electron chi connectivity index (χ1n) is 7.91. The van der Waals surface area contributed by atoms with E-state index in [0.29, 0.717) is 28.4 Å². The van der Waals surface area contributed by atoms with Crippen molar-refractivity contribution in [1.29, 1.82) is 0 Å². The van der Waals surface area contributed by atoms with Crippen LogP contribution in [-0.4, -0.2) is 25.0 Å².